The van der Waals surface area contributed by atoms with Gasteiger partial charge in [-0.2, -0.15) is 0 Å². The first kappa shape index (κ1) is 18.9. The third-order valence-corrected chi connectivity index (χ3v) is 5.33. The van der Waals surface area contributed by atoms with Gasteiger partial charge in [0.2, 0.25) is 5.91 Å². The van der Waals surface area contributed by atoms with E-state index >= 15 is 0 Å². The highest BCUT2D eigenvalue weighted by molar-refractivity contribution is 5.77. The van der Waals surface area contributed by atoms with E-state index in [1.54, 1.807) is 0 Å². The molecule has 1 amide bonds. The predicted octanol–water partition coefficient (Wildman–Crippen LogP) is 4.52. The van der Waals surface area contributed by atoms with E-state index in [9.17, 15) is 4.79 Å². The van der Waals surface area contributed by atoms with Gasteiger partial charge in [0.25, 0.3) is 0 Å². The maximum absolute atomic E-state index is 12.8. The molecule has 4 heteroatoms. The fourth-order valence-corrected chi connectivity index (χ4v) is 3.81. The molecular weight excluding hydrogens is 358 g/mol. The van der Waals surface area contributed by atoms with Crippen LogP contribution in [0.2, 0.25) is 0 Å². The van der Waals surface area contributed by atoms with E-state index in [-0.39, 0.29) is 11.8 Å². The normalized spacial score (nSPS) is 12.0. The van der Waals surface area contributed by atoms with Gasteiger partial charge in [-0.1, -0.05) is 60.7 Å². The van der Waals surface area contributed by atoms with E-state index in [0.717, 1.165) is 23.3 Å². The maximum Gasteiger partial charge on any atom is 0.221 e. The number of amides is 1. The first-order chi connectivity index (χ1) is 14.2. The van der Waals surface area contributed by atoms with E-state index in [1.807, 2.05) is 60.9 Å². The van der Waals surface area contributed by atoms with Crippen molar-refractivity contribution in [3.05, 3.63) is 108 Å². The van der Waals surface area contributed by atoms with Gasteiger partial charge in [-0.15, -0.1) is 0 Å². The number of nitrogens with zero attached hydrogens (tertiary/aromatic N) is 2. The molecule has 0 aliphatic heterocycles. The summed E-state index contributed by atoms with van der Waals surface area (Å²) in [7, 11) is 0. The Kier molecular flexibility index (Phi) is 5.71. The molecule has 4 nitrogen and oxygen atoms in total. The van der Waals surface area contributed by atoms with E-state index < -0.39 is 0 Å². The summed E-state index contributed by atoms with van der Waals surface area (Å²) in [5.74, 6) is 0.00499. The molecule has 29 heavy (non-hydrogen) atoms. The molecule has 146 valence electrons. The number of nitrogens with one attached hydrogen (secondary N) is 1. The third-order valence-electron chi connectivity index (χ3n) is 5.33. The van der Waals surface area contributed by atoms with Gasteiger partial charge in [-0.3, -0.25) is 4.79 Å². The van der Waals surface area contributed by atoms with Crippen molar-refractivity contribution in [1.29, 1.82) is 0 Å². The number of carbonyl (C=O) groups is 1. The zero-order valence-electron chi connectivity index (χ0n) is 16.6. The summed E-state index contributed by atoms with van der Waals surface area (Å²) in [5, 5.41) is 3.09. The first-order valence-corrected chi connectivity index (χ1v) is 10.0. The highest BCUT2D eigenvalue weighted by Gasteiger charge is 2.23. The number of hydrogen-bond donors (Lipinski definition) is 1. The van der Waals surface area contributed by atoms with Crippen LogP contribution in [0, 0.1) is 6.92 Å². The van der Waals surface area contributed by atoms with Gasteiger partial charge < -0.3 is 9.72 Å². The van der Waals surface area contributed by atoms with Crippen LogP contribution in [-0.4, -0.2) is 21.8 Å². The Labute approximate surface area is 171 Å². The third kappa shape index (κ3) is 4.37. The van der Waals surface area contributed by atoms with Gasteiger partial charge in [-0.25, -0.2) is 4.98 Å². The number of hydrogen-bond acceptors (Lipinski definition) is 2. The number of imidazole rings is 1. The molecule has 4 aromatic rings. The average Bonchev–Trinajstić information content (AvgIpc) is 3.17. The topological polar surface area (TPSA) is 46.4 Å². The van der Waals surface area contributed by atoms with Gasteiger partial charge in [0, 0.05) is 31.3 Å². The summed E-state index contributed by atoms with van der Waals surface area (Å²) in [4.78, 5) is 17.4. The number of aryl methyl sites for hydroxylation is 1. The molecule has 0 saturated carbocycles. The van der Waals surface area contributed by atoms with Gasteiger partial charge in [-0.05, 0) is 42.2 Å². The fraction of sp³-hybridized carbons (Fsp3) is 0.200. The summed E-state index contributed by atoms with van der Waals surface area (Å²) < 4.78 is 2.08. The van der Waals surface area contributed by atoms with E-state index in [0.29, 0.717) is 13.0 Å². The van der Waals surface area contributed by atoms with Crippen LogP contribution in [0.5, 0.6) is 0 Å². The molecular formula is C25H25N3O. The summed E-state index contributed by atoms with van der Waals surface area (Å²) in [6.45, 7) is 2.73. The molecule has 0 fully saturated rings. The van der Waals surface area contributed by atoms with Crippen LogP contribution in [0.15, 0.2) is 85.2 Å². The van der Waals surface area contributed by atoms with Gasteiger partial charge >= 0.3 is 0 Å². The van der Waals surface area contributed by atoms with Crippen LogP contribution >= 0.6 is 0 Å². The second-order valence-corrected chi connectivity index (χ2v) is 7.31. The first-order valence-electron chi connectivity index (χ1n) is 10.0. The zero-order chi connectivity index (χ0) is 20.1. The van der Waals surface area contributed by atoms with Crippen molar-refractivity contribution in [1.82, 2.24) is 14.7 Å². The Hall–Kier alpha value is -3.40. The summed E-state index contributed by atoms with van der Waals surface area (Å²) in [6, 6.07) is 24.4. The van der Waals surface area contributed by atoms with Crippen molar-refractivity contribution in [3.8, 4) is 0 Å². The van der Waals surface area contributed by atoms with E-state index in [2.05, 4.69) is 45.9 Å². The van der Waals surface area contributed by atoms with Crippen LogP contribution in [0.4, 0.5) is 0 Å². The number of fused-ring (bicyclic) bond motifs is 1. The van der Waals surface area contributed by atoms with Crippen LogP contribution in [0.1, 0.15) is 34.7 Å². The second-order valence-electron chi connectivity index (χ2n) is 7.31. The molecule has 0 saturated heterocycles. The molecule has 1 atom stereocenters. The Morgan fingerprint density at radius 2 is 1.76 bits per heavy atom. The fourth-order valence-electron chi connectivity index (χ4n) is 3.81. The minimum absolute atomic E-state index is 0.0506. The number of carbonyl (C=O) groups excluding carboxylic acids is 1. The summed E-state index contributed by atoms with van der Waals surface area (Å²) >= 11 is 0. The lowest BCUT2D eigenvalue weighted by Gasteiger charge is -2.19. The quantitative estimate of drug-likeness (QED) is 0.510. The lowest BCUT2D eigenvalue weighted by Crippen LogP contribution is -2.27. The van der Waals surface area contributed by atoms with Crippen LogP contribution in [-0.2, 0) is 11.2 Å². The van der Waals surface area contributed by atoms with E-state index in [1.165, 1.54) is 11.1 Å². The second kappa shape index (κ2) is 8.74. The van der Waals surface area contributed by atoms with Gasteiger partial charge in [0.15, 0.2) is 0 Å². The van der Waals surface area contributed by atoms with Gasteiger partial charge in [0.05, 0.1) is 5.69 Å². The molecule has 0 bridgehead atoms. The molecule has 1 unspecified atom stereocenters. The minimum Gasteiger partial charge on any atom is -0.356 e. The molecule has 4 rings (SSSR count). The molecule has 2 aromatic carbocycles. The molecule has 2 heterocycles. The summed E-state index contributed by atoms with van der Waals surface area (Å²) in [6.07, 6.45) is 5.12. The number of pyridine rings is 1. The Bertz CT molecular complexity index is 1100. The molecule has 2 aromatic heterocycles. The highest BCUT2D eigenvalue weighted by atomic mass is 16.1. The van der Waals surface area contributed by atoms with Gasteiger partial charge in [0.1, 0.15) is 5.65 Å². The van der Waals surface area contributed by atoms with E-state index in [4.69, 9.17) is 0 Å². The Morgan fingerprint density at radius 3 is 2.59 bits per heavy atom. The van der Waals surface area contributed by atoms with Crippen molar-refractivity contribution < 1.29 is 4.79 Å². The lowest BCUT2D eigenvalue weighted by atomic mass is 9.89. The van der Waals surface area contributed by atoms with Crippen LogP contribution in [0.25, 0.3) is 5.65 Å². The molecule has 0 aliphatic rings. The SMILES string of the molecule is Cc1ccccc1C(CC(=O)NCCc1ccccc1)c1cnc2ccccn12. The maximum atomic E-state index is 12.8. The lowest BCUT2D eigenvalue weighted by molar-refractivity contribution is -0.121. The van der Waals surface area contributed by atoms with Crippen molar-refractivity contribution in [2.75, 3.05) is 6.54 Å². The number of rotatable bonds is 7. The number of benzene rings is 2. The Balaban J connectivity index is 1.54. The average molecular weight is 383 g/mol. The molecule has 0 radical (unpaired) electrons. The largest absolute Gasteiger partial charge is 0.356 e. The van der Waals surface area contributed by atoms with Crippen molar-refractivity contribution >= 4 is 11.6 Å². The smallest absolute Gasteiger partial charge is 0.221 e. The predicted molar refractivity (Wildman–Crippen MR) is 116 cm³/mol. The van der Waals surface area contributed by atoms with Crippen LogP contribution < -0.4 is 5.32 Å². The van der Waals surface area contributed by atoms with Crippen molar-refractivity contribution in [2.45, 2.75) is 25.7 Å². The highest BCUT2D eigenvalue weighted by Crippen LogP contribution is 2.30. The monoisotopic (exact) mass is 383 g/mol. The minimum atomic E-state index is -0.0506. The van der Waals surface area contributed by atoms with Crippen LogP contribution in [0.3, 0.4) is 0 Å². The molecule has 1 N–H and O–H groups in total. The molecule has 0 spiro atoms. The zero-order valence-corrected chi connectivity index (χ0v) is 16.6. The molecule has 0 aliphatic carbocycles. The Morgan fingerprint density at radius 1 is 1.00 bits per heavy atom. The standard InChI is InChI=1S/C25H25N3O/c1-19-9-5-6-12-21(19)22(23-18-27-24-13-7-8-16-28(23)24)17-25(29)26-15-14-20-10-3-2-4-11-20/h2-13,16,18,22H,14-15,17H2,1H3,(H,26,29). The number of aromatic nitrogens is 2. The van der Waals surface area contributed by atoms with Crippen molar-refractivity contribution in [3.63, 3.8) is 0 Å². The summed E-state index contributed by atoms with van der Waals surface area (Å²) in [5.41, 5.74) is 5.50. The van der Waals surface area contributed by atoms with Crippen molar-refractivity contribution in [2.24, 2.45) is 0 Å².